The molecule has 164 valence electrons. The number of benzene rings is 1. The monoisotopic (exact) mass is 438 g/mol. The van der Waals surface area contributed by atoms with Crippen LogP contribution in [-0.4, -0.2) is 26.8 Å². The van der Waals surface area contributed by atoms with Crippen molar-refractivity contribution in [1.82, 2.24) is 20.3 Å². The number of aryl methyl sites for hydroxylation is 1. The van der Waals surface area contributed by atoms with Crippen molar-refractivity contribution in [2.75, 3.05) is 11.1 Å². The van der Waals surface area contributed by atoms with Crippen LogP contribution in [0.1, 0.15) is 11.1 Å². The Morgan fingerprint density at radius 1 is 1.00 bits per heavy atom. The first-order valence-corrected chi connectivity index (χ1v) is 10.3. The summed E-state index contributed by atoms with van der Waals surface area (Å²) in [6.07, 6.45) is 10.8. The fourth-order valence-electron chi connectivity index (χ4n) is 3.35. The van der Waals surface area contributed by atoms with Crippen molar-refractivity contribution in [3.63, 3.8) is 0 Å². The Bertz CT molecular complexity index is 1350. The molecular formula is C25H22N6O2. The largest absolute Gasteiger partial charge is 0.398 e. The van der Waals surface area contributed by atoms with Crippen LogP contribution in [0.4, 0.5) is 11.5 Å². The van der Waals surface area contributed by atoms with E-state index in [9.17, 15) is 9.59 Å². The molecule has 1 aromatic carbocycles. The van der Waals surface area contributed by atoms with E-state index in [4.69, 9.17) is 5.73 Å². The van der Waals surface area contributed by atoms with Gasteiger partial charge in [0.25, 0.3) is 0 Å². The predicted octanol–water partition coefficient (Wildman–Crippen LogP) is 3.39. The number of aromatic nitrogens is 3. The second-order valence-corrected chi connectivity index (χ2v) is 7.45. The van der Waals surface area contributed by atoms with Gasteiger partial charge in [0, 0.05) is 66.3 Å². The molecule has 0 unspecified atom stereocenters. The molecule has 0 aliphatic heterocycles. The van der Waals surface area contributed by atoms with Crippen molar-refractivity contribution < 1.29 is 9.59 Å². The summed E-state index contributed by atoms with van der Waals surface area (Å²) in [5, 5.41) is 6.98. The molecule has 0 bridgehead atoms. The van der Waals surface area contributed by atoms with Gasteiger partial charge in [0.15, 0.2) is 0 Å². The summed E-state index contributed by atoms with van der Waals surface area (Å²) in [5.41, 5.74) is 10.7. The fraction of sp³-hybridized carbons (Fsp3) is 0.0800. The van der Waals surface area contributed by atoms with Crippen LogP contribution in [0.15, 0.2) is 79.5 Å². The van der Waals surface area contributed by atoms with Crippen molar-refractivity contribution in [3.8, 4) is 11.1 Å². The molecule has 0 fully saturated rings. The van der Waals surface area contributed by atoms with Gasteiger partial charge < -0.3 is 16.4 Å². The molecule has 0 radical (unpaired) electrons. The Balaban J connectivity index is 1.45. The topological polar surface area (TPSA) is 123 Å². The highest BCUT2D eigenvalue weighted by atomic mass is 16.2. The number of hydrogen-bond acceptors (Lipinski definition) is 6. The SMILES string of the molecule is Cc1ccncc1-c1cc(N)c2cnc(NC(=O)/C=C/C(=O)NCc3cccnc3)cc2c1. The molecule has 4 N–H and O–H groups in total. The summed E-state index contributed by atoms with van der Waals surface area (Å²) < 4.78 is 0. The lowest BCUT2D eigenvalue weighted by Crippen LogP contribution is -2.21. The number of hydrogen-bond donors (Lipinski definition) is 3. The average molecular weight is 438 g/mol. The van der Waals surface area contributed by atoms with Crippen LogP contribution >= 0.6 is 0 Å². The summed E-state index contributed by atoms with van der Waals surface area (Å²) in [7, 11) is 0. The Labute approximate surface area is 190 Å². The Morgan fingerprint density at radius 2 is 1.82 bits per heavy atom. The number of anilines is 2. The molecular weight excluding hydrogens is 416 g/mol. The maximum Gasteiger partial charge on any atom is 0.249 e. The van der Waals surface area contributed by atoms with Crippen LogP contribution in [0.2, 0.25) is 0 Å². The van der Waals surface area contributed by atoms with E-state index in [0.29, 0.717) is 18.1 Å². The standard InChI is InChI=1S/C25H22N6O2/c1-16-6-8-28-14-20(16)18-9-19-11-23(29-15-21(19)22(26)10-18)31-25(33)5-4-24(32)30-13-17-3-2-7-27-12-17/h2-12,14-15H,13,26H2,1H3,(H,30,32)(H,29,31,33)/b5-4+. The molecule has 8 heteroatoms. The zero-order valence-electron chi connectivity index (χ0n) is 17.9. The van der Waals surface area contributed by atoms with Gasteiger partial charge in [-0.2, -0.15) is 0 Å². The van der Waals surface area contributed by atoms with Gasteiger partial charge in [-0.3, -0.25) is 19.6 Å². The number of nitrogens with zero attached hydrogens (tertiary/aromatic N) is 3. The Kier molecular flexibility index (Phi) is 6.36. The molecule has 33 heavy (non-hydrogen) atoms. The van der Waals surface area contributed by atoms with E-state index in [2.05, 4.69) is 25.6 Å². The molecule has 8 nitrogen and oxygen atoms in total. The maximum absolute atomic E-state index is 12.3. The fourth-order valence-corrected chi connectivity index (χ4v) is 3.35. The molecule has 0 atom stereocenters. The van der Waals surface area contributed by atoms with E-state index in [-0.39, 0.29) is 5.91 Å². The number of nitrogens with two attached hydrogens (primary N) is 1. The molecule has 0 aliphatic carbocycles. The second kappa shape index (κ2) is 9.69. The first kappa shape index (κ1) is 21.6. The van der Waals surface area contributed by atoms with Gasteiger partial charge in [0.05, 0.1) is 0 Å². The lowest BCUT2D eigenvalue weighted by atomic mass is 9.99. The number of pyridine rings is 3. The first-order valence-electron chi connectivity index (χ1n) is 10.3. The Hall–Kier alpha value is -4.59. The van der Waals surface area contributed by atoms with Crippen LogP contribution in [0.3, 0.4) is 0 Å². The molecule has 0 saturated carbocycles. The minimum Gasteiger partial charge on any atom is -0.398 e. The molecule has 4 rings (SSSR count). The quantitative estimate of drug-likeness (QED) is 0.313. The number of rotatable bonds is 6. The minimum absolute atomic E-state index is 0.324. The van der Waals surface area contributed by atoms with Crippen LogP contribution < -0.4 is 16.4 Å². The minimum atomic E-state index is -0.467. The second-order valence-electron chi connectivity index (χ2n) is 7.45. The van der Waals surface area contributed by atoms with Gasteiger partial charge in [0.1, 0.15) is 5.82 Å². The Morgan fingerprint density at radius 3 is 2.61 bits per heavy atom. The van der Waals surface area contributed by atoms with Crippen LogP contribution in [0.5, 0.6) is 0 Å². The van der Waals surface area contributed by atoms with Gasteiger partial charge >= 0.3 is 0 Å². The maximum atomic E-state index is 12.3. The third-order valence-corrected chi connectivity index (χ3v) is 5.05. The van der Waals surface area contributed by atoms with Gasteiger partial charge in [-0.1, -0.05) is 6.07 Å². The molecule has 0 spiro atoms. The highest BCUT2D eigenvalue weighted by molar-refractivity contribution is 6.04. The molecule has 2 amide bonds. The molecule has 3 aromatic heterocycles. The first-order chi connectivity index (χ1) is 16.0. The van der Waals surface area contributed by atoms with Crippen molar-refractivity contribution in [2.45, 2.75) is 13.5 Å². The molecule has 4 aromatic rings. The van der Waals surface area contributed by atoms with Gasteiger partial charge in [0.2, 0.25) is 11.8 Å². The lowest BCUT2D eigenvalue weighted by Gasteiger charge is -2.10. The van der Waals surface area contributed by atoms with E-state index in [1.54, 1.807) is 43.1 Å². The van der Waals surface area contributed by atoms with E-state index in [0.717, 1.165) is 39.1 Å². The highest BCUT2D eigenvalue weighted by Crippen LogP contribution is 2.31. The van der Waals surface area contributed by atoms with Gasteiger partial charge in [-0.25, -0.2) is 4.98 Å². The number of carbonyl (C=O) groups excluding carboxylic acids is 2. The number of nitrogen functional groups attached to an aromatic ring is 1. The summed E-state index contributed by atoms with van der Waals surface area (Å²) in [6.45, 7) is 2.33. The third-order valence-electron chi connectivity index (χ3n) is 5.05. The highest BCUT2D eigenvalue weighted by Gasteiger charge is 2.09. The number of fused-ring (bicyclic) bond motifs is 1. The third kappa shape index (κ3) is 5.37. The summed E-state index contributed by atoms with van der Waals surface area (Å²) >= 11 is 0. The molecule has 3 heterocycles. The summed E-state index contributed by atoms with van der Waals surface area (Å²) in [4.78, 5) is 36.7. The van der Waals surface area contributed by atoms with Crippen LogP contribution in [0.25, 0.3) is 21.9 Å². The summed E-state index contributed by atoms with van der Waals surface area (Å²) in [6, 6.07) is 11.2. The van der Waals surface area contributed by atoms with E-state index < -0.39 is 5.91 Å². The van der Waals surface area contributed by atoms with Crippen molar-refractivity contribution >= 4 is 34.1 Å². The molecule has 0 saturated heterocycles. The number of amides is 2. The number of carbonyl (C=O) groups is 2. The van der Waals surface area contributed by atoms with Crippen LogP contribution in [-0.2, 0) is 16.1 Å². The van der Waals surface area contributed by atoms with Crippen LogP contribution in [0, 0.1) is 6.92 Å². The van der Waals surface area contributed by atoms with Crippen molar-refractivity contribution in [1.29, 1.82) is 0 Å². The smallest absolute Gasteiger partial charge is 0.249 e. The van der Waals surface area contributed by atoms with Gasteiger partial charge in [-0.15, -0.1) is 0 Å². The summed E-state index contributed by atoms with van der Waals surface area (Å²) in [5.74, 6) is -0.497. The lowest BCUT2D eigenvalue weighted by molar-refractivity contribution is -0.117. The zero-order chi connectivity index (χ0) is 23.2. The predicted molar refractivity (Wildman–Crippen MR) is 128 cm³/mol. The van der Waals surface area contributed by atoms with Gasteiger partial charge in [-0.05, 0) is 59.3 Å². The van der Waals surface area contributed by atoms with E-state index in [1.165, 1.54) is 6.08 Å². The van der Waals surface area contributed by atoms with Crippen molar-refractivity contribution in [2.24, 2.45) is 0 Å². The average Bonchev–Trinajstić information content (AvgIpc) is 2.82. The molecule has 0 aliphatic rings. The number of nitrogens with one attached hydrogen (secondary N) is 2. The normalized spacial score (nSPS) is 10.9. The zero-order valence-corrected chi connectivity index (χ0v) is 17.9. The van der Waals surface area contributed by atoms with E-state index >= 15 is 0 Å². The van der Waals surface area contributed by atoms with Crippen molar-refractivity contribution in [3.05, 3.63) is 90.7 Å². The van der Waals surface area contributed by atoms with E-state index in [1.807, 2.05) is 31.2 Å².